The van der Waals surface area contributed by atoms with Crippen LogP contribution in [0.4, 0.5) is 0 Å². The molecule has 0 bridgehead atoms. The van der Waals surface area contributed by atoms with Crippen molar-refractivity contribution >= 4 is 5.97 Å². The zero-order valence-corrected chi connectivity index (χ0v) is 15.3. The van der Waals surface area contributed by atoms with E-state index in [1.165, 1.54) is 31.3 Å². The van der Waals surface area contributed by atoms with Gasteiger partial charge in [0.15, 0.2) is 0 Å². The van der Waals surface area contributed by atoms with Crippen molar-refractivity contribution in [2.75, 3.05) is 0 Å². The van der Waals surface area contributed by atoms with Crippen molar-refractivity contribution < 1.29 is 9.53 Å². The molecule has 0 amide bonds. The van der Waals surface area contributed by atoms with Gasteiger partial charge in [0.1, 0.15) is 0 Å². The Bertz CT molecular complexity index is 396. The third-order valence-corrected chi connectivity index (χ3v) is 3.32. The van der Waals surface area contributed by atoms with E-state index in [-0.39, 0.29) is 12.1 Å². The van der Waals surface area contributed by atoms with Gasteiger partial charge >= 0.3 is 5.97 Å². The molecule has 0 rings (SSSR count). The van der Waals surface area contributed by atoms with Gasteiger partial charge in [0, 0.05) is 6.08 Å². The molecule has 0 heterocycles. The Morgan fingerprint density at radius 2 is 1.77 bits per heavy atom. The molecule has 0 aliphatic carbocycles. The van der Waals surface area contributed by atoms with E-state index < -0.39 is 0 Å². The minimum Gasteiger partial charge on any atom is -0.460 e. The highest BCUT2D eigenvalue weighted by Gasteiger charge is 2.02. The molecule has 0 radical (unpaired) electrons. The van der Waals surface area contributed by atoms with Crippen LogP contribution in [-0.2, 0) is 9.53 Å². The van der Waals surface area contributed by atoms with Gasteiger partial charge in [-0.05, 0) is 65.4 Å². The summed E-state index contributed by atoms with van der Waals surface area (Å²) in [7, 11) is 0. The molecule has 0 aromatic carbocycles. The van der Waals surface area contributed by atoms with Crippen LogP contribution in [0.2, 0.25) is 0 Å². The van der Waals surface area contributed by atoms with Gasteiger partial charge in [0.2, 0.25) is 0 Å². The maximum absolute atomic E-state index is 11.5. The second kappa shape index (κ2) is 12.3. The van der Waals surface area contributed by atoms with E-state index in [4.69, 9.17) is 4.74 Å². The minimum absolute atomic E-state index is 0.0631. The summed E-state index contributed by atoms with van der Waals surface area (Å²) in [6, 6.07) is 0. The zero-order chi connectivity index (χ0) is 17.0. The van der Waals surface area contributed by atoms with Gasteiger partial charge < -0.3 is 4.74 Å². The smallest absolute Gasteiger partial charge is 0.331 e. The minimum atomic E-state index is -0.260. The molecule has 2 nitrogen and oxygen atoms in total. The van der Waals surface area contributed by atoms with Gasteiger partial charge in [-0.3, -0.25) is 0 Å². The number of ether oxygens (including phenoxy) is 1. The summed E-state index contributed by atoms with van der Waals surface area (Å²) >= 11 is 0. The Balaban J connectivity index is 3.93. The van der Waals surface area contributed by atoms with Gasteiger partial charge in [0.25, 0.3) is 0 Å². The molecule has 0 fully saturated rings. The molecule has 126 valence electrons. The molecule has 0 spiro atoms. The lowest BCUT2D eigenvalue weighted by Crippen LogP contribution is -2.08. The highest BCUT2D eigenvalue weighted by molar-refractivity contribution is 5.83. The van der Waals surface area contributed by atoms with Crippen molar-refractivity contribution in [1.29, 1.82) is 0 Å². The van der Waals surface area contributed by atoms with E-state index in [0.717, 1.165) is 12.0 Å². The molecule has 1 atom stereocenters. The van der Waals surface area contributed by atoms with Gasteiger partial charge in [-0.2, -0.15) is 0 Å². The van der Waals surface area contributed by atoms with Gasteiger partial charge in [0.05, 0.1) is 6.10 Å². The summed E-state index contributed by atoms with van der Waals surface area (Å²) in [4.78, 5) is 11.5. The first-order valence-electron chi connectivity index (χ1n) is 8.50. The quantitative estimate of drug-likeness (QED) is 0.163. The molecule has 0 aromatic heterocycles. The van der Waals surface area contributed by atoms with E-state index in [0.29, 0.717) is 5.92 Å². The molecule has 0 saturated carbocycles. The van der Waals surface area contributed by atoms with Crippen LogP contribution in [0, 0.1) is 5.92 Å². The van der Waals surface area contributed by atoms with Crippen LogP contribution in [0.15, 0.2) is 35.5 Å². The van der Waals surface area contributed by atoms with E-state index >= 15 is 0 Å². The van der Waals surface area contributed by atoms with E-state index in [1.807, 2.05) is 26.8 Å². The monoisotopic (exact) mass is 306 g/mol. The van der Waals surface area contributed by atoms with Crippen molar-refractivity contribution in [2.24, 2.45) is 5.92 Å². The van der Waals surface area contributed by atoms with E-state index in [9.17, 15) is 4.79 Å². The molecule has 0 aliphatic heterocycles. The highest BCUT2D eigenvalue weighted by Crippen LogP contribution is 2.14. The first-order valence-corrected chi connectivity index (χ1v) is 8.50. The maximum Gasteiger partial charge on any atom is 0.331 e. The van der Waals surface area contributed by atoms with Crippen LogP contribution in [0.5, 0.6) is 0 Å². The third kappa shape index (κ3) is 13.7. The lowest BCUT2D eigenvalue weighted by molar-refractivity contribution is -0.141. The molecule has 22 heavy (non-hydrogen) atoms. The predicted molar refractivity (Wildman–Crippen MR) is 95.8 cm³/mol. The second-order valence-electron chi connectivity index (χ2n) is 6.68. The molecule has 0 aromatic rings. The van der Waals surface area contributed by atoms with Crippen molar-refractivity contribution in [3.8, 4) is 0 Å². The van der Waals surface area contributed by atoms with E-state index in [1.54, 1.807) is 6.08 Å². The summed E-state index contributed by atoms with van der Waals surface area (Å²) in [5.41, 5.74) is 2.36. The second-order valence-corrected chi connectivity index (χ2v) is 6.68. The van der Waals surface area contributed by atoms with Crippen LogP contribution < -0.4 is 0 Å². The number of carbonyl (C=O) groups excluding carboxylic acids is 1. The lowest BCUT2D eigenvalue weighted by Gasteiger charge is -2.08. The van der Waals surface area contributed by atoms with Gasteiger partial charge in [-0.25, -0.2) is 4.79 Å². The highest BCUT2D eigenvalue weighted by atomic mass is 16.5. The van der Waals surface area contributed by atoms with Crippen molar-refractivity contribution in [1.82, 2.24) is 0 Å². The Kier molecular flexibility index (Phi) is 11.5. The number of hydrogen-bond acceptors (Lipinski definition) is 2. The number of carbonyl (C=O) groups is 1. The Labute approximate surface area is 137 Å². The van der Waals surface area contributed by atoms with Crippen LogP contribution >= 0.6 is 0 Å². The molecule has 1 unspecified atom stereocenters. The van der Waals surface area contributed by atoms with Gasteiger partial charge in [-0.1, -0.05) is 43.6 Å². The fourth-order valence-electron chi connectivity index (χ4n) is 2.13. The Morgan fingerprint density at radius 3 is 2.36 bits per heavy atom. The Hall–Kier alpha value is -1.31. The van der Waals surface area contributed by atoms with E-state index in [2.05, 4.69) is 32.9 Å². The van der Waals surface area contributed by atoms with Crippen molar-refractivity contribution in [2.45, 2.75) is 79.8 Å². The summed E-state index contributed by atoms with van der Waals surface area (Å²) in [6.07, 6.45) is 14.1. The fourth-order valence-corrected chi connectivity index (χ4v) is 2.13. The number of allylic oxidation sites excluding steroid dienone is 5. The number of esters is 1. The zero-order valence-electron chi connectivity index (χ0n) is 15.3. The average Bonchev–Trinajstić information content (AvgIpc) is 2.36. The molecule has 2 heteroatoms. The maximum atomic E-state index is 11.5. The number of hydrogen-bond donors (Lipinski definition) is 0. The summed E-state index contributed by atoms with van der Waals surface area (Å²) in [6.45, 7) is 12.2. The van der Waals surface area contributed by atoms with Gasteiger partial charge in [-0.15, -0.1) is 0 Å². The van der Waals surface area contributed by atoms with Crippen LogP contribution in [0.1, 0.15) is 73.6 Å². The molecule has 0 N–H and O–H groups in total. The summed E-state index contributed by atoms with van der Waals surface area (Å²) < 4.78 is 5.09. The number of unbranched alkanes of at least 4 members (excludes halogenated alkanes) is 2. The average molecular weight is 306 g/mol. The summed E-state index contributed by atoms with van der Waals surface area (Å²) in [5.74, 6) is 0.433. The van der Waals surface area contributed by atoms with Crippen molar-refractivity contribution in [3.63, 3.8) is 0 Å². The molecular weight excluding hydrogens is 272 g/mol. The lowest BCUT2D eigenvalue weighted by atomic mass is 9.99. The molecule has 0 aliphatic rings. The van der Waals surface area contributed by atoms with Crippen LogP contribution in [-0.4, -0.2) is 12.1 Å². The normalized spacial score (nSPS) is 13.5. The Morgan fingerprint density at radius 1 is 1.09 bits per heavy atom. The first kappa shape index (κ1) is 20.7. The first-order chi connectivity index (χ1) is 10.3. The summed E-state index contributed by atoms with van der Waals surface area (Å²) in [5, 5.41) is 0. The predicted octanol–water partition coefficient (Wildman–Crippen LogP) is 5.99. The van der Waals surface area contributed by atoms with Crippen LogP contribution in [0.3, 0.4) is 0 Å². The standard InChI is InChI=1S/C20H34O2/c1-16(2)11-8-7-9-12-18(5)13-10-14-19(6)15-20(21)22-17(3)4/h10-11,14-15,17-18H,7-9,12-13H2,1-6H3/b14-10+,19-15+. The molecular formula is C20H34O2. The topological polar surface area (TPSA) is 26.3 Å². The van der Waals surface area contributed by atoms with Crippen molar-refractivity contribution in [3.05, 3.63) is 35.5 Å². The SMILES string of the molecule is CC(C)=CCCCCC(C)C/C=C/C(C)=C/C(=O)OC(C)C. The third-order valence-electron chi connectivity index (χ3n) is 3.32. The fraction of sp³-hybridized carbons (Fsp3) is 0.650. The number of rotatable bonds is 10. The van der Waals surface area contributed by atoms with Crippen LogP contribution in [0.25, 0.3) is 0 Å². The largest absolute Gasteiger partial charge is 0.460 e. The molecule has 0 saturated heterocycles.